The topological polar surface area (TPSA) is 9.23 Å². The normalized spacial score (nSPS) is 21.2. The highest BCUT2D eigenvalue weighted by atomic mass is 19.4. The Hall–Kier alpha value is -0.390. The van der Waals surface area contributed by atoms with Crippen LogP contribution in [-0.2, 0) is 4.74 Å². The summed E-state index contributed by atoms with van der Waals surface area (Å²) in [6.45, 7) is 0. The van der Waals surface area contributed by atoms with Crippen molar-refractivity contribution in [1.29, 1.82) is 0 Å². The number of hydrogen-bond acceptors (Lipinski definition) is 1. The predicted octanol–water partition coefficient (Wildman–Crippen LogP) is 3.30. The first-order valence-electron chi connectivity index (χ1n) is 4.27. The first kappa shape index (κ1) is 11.7. The Morgan fingerprint density at radius 2 is 1.50 bits per heavy atom. The third kappa shape index (κ3) is 2.80. The molecule has 0 bridgehead atoms. The molecule has 1 aliphatic carbocycles. The largest absolute Gasteiger partial charge is 0.482 e. The molecule has 0 N–H and O–H groups in total. The molecule has 1 saturated carbocycles. The van der Waals surface area contributed by atoms with E-state index in [1.54, 1.807) is 0 Å². The molecule has 0 aromatic heterocycles. The fourth-order valence-electron chi connectivity index (χ4n) is 1.29. The highest BCUT2D eigenvalue weighted by molar-refractivity contribution is 4.79. The molecule has 0 aromatic carbocycles. The molecular weight excluding hydrogens is 207 g/mol. The van der Waals surface area contributed by atoms with E-state index in [1.165, 1.54) is 0 Å². The van der Waals surface area contributed by atoms with Gasteiger partial charge < -0.3 is 4.74 Å². The zero-order valence-corrected chi connectivity index (χ0v) is 7.28. The third-order valence-corrected chi connectivity index (χ3v) is 2.03. The first-order valence-corrected chi connectivity index (χ1v) is 4.27. The number of halogens is 5. The van der Waals surface area contributed by atoms with Crippen LogP contribution in [0.1, 0.15) is 25.7 Å². The maximum absolute atomic E-state index is 12.4. The second kappa shape index (κ2) is 4.00. The summed E-state index contributed by atoms with van der Waals surface area (Å²) in [5.41, 5.74) is 0. The summed E-state index contributed by atoms with van der Waals surface area (Å²) in [6.07, 6.45) is -8.26. The lowest BCUT2D eigenvalue weighted by Crippen LogP contribution is -2.42. The SMILES string of the molecule is FC(F)(F)C(F)(F)OC1CC[CH]CC1. The van der Waals surface area contributed by atoms with Gasteiger partial charge in [-0.05, 0) is 32.1 Å². The Labute approximate surface area is 78.2 Å². The molecule has 83 valence electrons. The summed E-state index contributed by atoms with van der Waals surface area (Å²) in [5, 5.41) is 0. The van der Waals surface area contributed by atoms with Gasteiger partial charge in [0.05, 0.1) is 6.10 Å². The number of hydrogen-bond donors (Lipinski definition) is 0. The van der Waals surface area contributed by atoms with Crippen molar-refractivity contribution in [2.45, 2.75) is 44.1 Å². The van der Waals surface area contributed by atoms with Crippen LogP contribution in [0.25, 0.3) is 0 Å². The van der Waals surface area contributed by atoms with Crippen molar-refractivity contribution in [2.24, 2.45) is 0 Å². The van der Waals surface area contributed by atoms with Gasteiger partial charge in [0.15, 0.2) is 0 Å². The molecule has 0 spiro atoms. The molecule has 14 heavy (non-hydrogen) atoms. The van der Waals surface area contributed by atoms with Gasteiger partial charge in [-0.3, -0.25) is 0 Å². The van der Waals surface area contributed by atoms with Gasteiger partial charge in [0.1, 0.15) is 0 Å². The maximum Gasteiger partial charge on any atom is 0.482 e. The van der Waals surface area contributed by atoms with Crippen molar-refractivity contribution < 1.29 is 26.7 Å². The monoisotopic (exact) mass is 217 g/mol. The lowest BCUT2D eigenvalue weighted by molar-refractivity contribution is -0.403. The van der Waals surface area contributed by atoms with E-state index in [0.717, 1.165) is 0 Å². The molecule has 1 aliphatic rings. The standard InChI is InChI=1S/C8H10F5O/c9-7(10,11)8(12,13)14-6-4-2-1-3-5-6/h1,6H,2-5H2. The van der Waals surface area contributed by atoms with Crippen LogP contribution in [0.15, 0.2) is 0 Å². The van der Waals surface area contributed by atoms with Gasteiger partial charge in [0, 0.05) is 0 Å². The second-order valence-corrected chi connectivity index (χ2v) is 3.20. The zero-order chi connectivity index (χ0) is 10.8. The van der Waals surface area contributed by atoms with Crippen LogP contribution in [0.2, 0.25) is 0 Å². The van der Waals surface area contributed by atoms with Crippen molar-refractivity contribution in [3.8, 4) is 0 Å². The van der Waals surface area contributed by atoms with Crippen molar-refractivity contribution in [1.82, 2.24) is 0 Å². The Morgan fingerprint density at radius 3 is 1.93 bits per heavy atom. The van der Waals surface area contributed by atoms with Crippen molar-refractivity contribution in [2.75, 3.05) is 0 Å². The molecule has 0 atom stereocenters. The fourth-order valence-corrected chi connectivity index (χ4v) is 1.29. The maximum atomic E-state index is 12.4. The smallest absolute Gasteiger partial charge is 0.310 e. The molecule has 1 fully saturated rings. The van der Waals surface area contributed by atoms with E-state index in [2.05, 4.69) is 4.74 Å². The molecule has 0 aromatic rings. The Bertz CT molecular complexity index is 183. The van der Waals surface area contributed by atoms with Gasteiger partial charge >= 0.3 is 12.3 Å². The lowest BCUT2D eigenvalue weighted by atomic mass is 9.98. The average Bonchev–Trinajstić information content (AvgIpc) is 2.03. The number of ether oxygens (including phenoxy) is 1. The Balaban J connectivity index is 2.49. The van der Waals surface area contributed by atoms with Gasteiger partial charge in [0.2, 0.25) is 0 Å². The van der Waals surface area contributed by atoms with E-state index in [0.29, 0.717) is 12.8 Å². The summed E-state index contributed by atoms with van der Waals surface area (Å²) in [6, 6.07) is 0. The lowest BCUT2D eigenvalue weighted by Gasteiger charge is -2.27. The van der Waals surface area contributed by atoms with Crippen LogP contribution in [0.3, 0.4) is 0 Å². The Morgan fingerprint density at radius 1 is 1.00 bits per heavy atom. The van der Waals surface area contributed by atoms with E-state index >= 15 is 0 Å². The van der Waals surface area contributed by atoms with E-state index in [9.17, 15) is 22.0 Å². The Kier molecular flexibility index (Phi) is 3.34. The minimum absolute atomic E-state index is 0.228. The van der Waals surface area contributed by atoms with E-state index in [4.69, 9.17) is 0 Å². The zero-order valence-electron chi connectivity index (χ0n) is 7.28. The highest BCUT2D eigenvalue weighted by Gasteiger charge is 2.60. The molecule has 0 saturated heterocycles. The van der Waals surface area contributed by atoms with Gasteiger partial charge in [0.25, 0.3) is 0 Å². The van der Waals surface area contributed by atoms with Gasteiger partial charge in [-0.1, -0.05) is 0 Å². The molecular formula is C8H10F5O. The molecule has 6 heteroatoms. The van der Waals surface area contributed by atoms with E-state index in [1.807, 2.05) is 6.42 Å². The molecule has 0 unspecified atom stereocenters. The number of alkyl halides is 5. The van der Waals surface area contributed by atoms with Crippen molar-refractivity contribution in [3.63, 3.8) is 0 Å². The summed E-state index contributed by atoms with van der Waals surface area (Å²) < 4.78 is 63.6. The predicted molar refractivity (Wildman–Crippen MR) is 38.6 cm³/mol. The van der Waals surface area contributed by atoms with Gasteiger partial charge in [-0.2, -0.15) is 22.0 Å². The van der Waals surface area contributed by atoms with E-state index < -0.39 is 18.4 Å². The highest BCUT2D eigenvalue weighted by Crippen LogP contribution is 2.39. The molecule has 0 aliphatic heterocycles. The quantitative estimate of drug-likeness (QED) is 0.645. The summed E-state index contributed by atoms with van der Waals surface area (Å²) in [4.78, 5) is 0. The third-order valence-electron chi connectivity index (χ3n) is 2.03. The van der Waals surface area contributed by atoms with Crippen LogP contribution < -0.4 is 0 Å². The average molecular weight is 217 g/mol. The minimum atomic E-state index is -5.62. The number of rotatable bonds is 2. The summed E-state index contributed by atoms with van der Waals surface area (Å²) in [5.74, 6) is 0. The van der Waals surface area contributed by atoms with Crippen LogP contribution in [-0.4, -0.2) is 18.4 Å². The minimum Gasteiger partial charge on any atom is -0.310 e. The molecule has 0 heterocycles. The molecule has 1 radical (unpaired) electrons. The fraction of sp³-hybridized carbons (Fsp3) is 0.875. The van der Waals surface area contributed by atoms with Crippen molar-refractivity contribution in [3.05, 3.63) is 6.42 Å². The van der Waals surface area contributed by atoms with Crippen LogP contribution >= 0.6 is 0 Å². The van der Waals surface area contributed by atoms with E-state index in [-0.39, 0.29) is 12.8 Å². The second-order valence-electron chi connectivity index (χ2n) is 3.20. The van der Waals surface area contributed by atoms with Crippen LogP contribution in [0.4, 0.5) is 22.0 Å². The van der Waals surface area contributed by atoms with Crippen LogP contribution in [0, 0.1) is 6.42 Å². The van der Waals surface area contributed by atoms with Crippen LogP contribution in [0.5, 0.6) is 0 Å². The molecule has 1 nitrogen and oxygen atoms in total. The van der Waals surface area contributed by atoms with Crippen molar-refractivity contribution >= 4 is 0 Å². The summed E-state index contributed by atoms with van der Waals surface area (Å²) in [7, 11) is 0. The van der Waals surface area contributed by atoms with Gasteiger partial charge in [-0.15, -0.1) is 0 Å². The first-order chi connectivity index (χ1) is 6.33. The summed E-state index contributed by atoms with van der Waals surface area (Å²) >= 11 is 0. The van der Waals surface area contributed by atoms with Gasteiger partial charge in [-0.25, -0.2) is 0 Å². The molecule has 0 amide bonds. The molecule has 1 rings (SSSR count).